The van der Waals surface area contributed by atoms with E-state index >= 15 is 0 Å². The molecule has 0 rings (SSSR count). The van der Waals surface area contributed by atoms with Crippen molar-refractivity contribution in [3.05, 3.63) is 12.1 Å². The van der Waals surface area contributed by atoms with Crippen molar-refractivity contribution in [2.24, 2.45) is 0 Å². The van der Waals surface area contributed by atoms with Crippen LogP contribution >= 0.6 is 15.9 Å². The molecule has 0 aliphatic heterocycles. The minimum absolute atomic E-state index is 0.919. The molecule has 0 atom stereocenters. The van der Waals surface area contributed by atoms with Gasteiger partial charge in [-0.05, 0) is 15.9 Å². The van der Waals surface area contributed by atoms with E-state index in [1.54, 1.807) is 0 Å². The Morgan fingerprint density at radius 3 is 1.59 bits per heavy atom. The molecular formula is C5BrF9O2. The third-order valence-corrected chi connectivity index (χ3v) is 1.59. The predicted octanol–water partition coefficient (Wildman–Crippen LogP) is 4.19. The van der Waals surface area contributed by atoms with Gasteiger partial charge >= 0.3 is 29.0 Å². The minimum atomic E-state index is -6.17. The Kier molecular flexibility index (Phi) is 4.73. The number of halogens is 10. The van der Waals surface area contributed by atoms with Gasteiger partial charge in [0.1, 0.15) is 0 Å². The van der Waals surface area contributed by atoms with Crippen molar-refractivity contribution in [3.8, 4) is 0 Å². The van der Waals surface area contributed by atoms with Crippen molar-refractivity contribution < 1.29 is 49.3 Å². The zero-order valence-electron chi connectivity index (χ0n) is 7.10. The van der Waals surface area contributed by atoms with E-state index in [1.807, 2.05) is 0 Å². The summed E-state index contributed by atoms with van der Waals surface area (Å²) in [5.41, 5.74) is 0. The Labute approximate surface area is 95.0 Å². The second-order valence-corrected chi connectivity index (χ2v) is 3.29. The molecule has 12 heteroatoms. The average Bonchev–Trinajstić information content (AvgIpc) is 2.11. The highest BCUT2D eigenvalue weighted by Crippen LogP contribution is 2.49. The van der Waals surface area contributed by atoms with Crippen LogP contribution in [0.4, 0.5) is 39.5 Å². The van der Waals surface area contributed by atoms with Crippen molar-refractivity contribution in [1.29, 1.82) is 0 Å². The van der Waals surface area contributed by atoms with Gasteiger partial charge in [-0.15, -0.1) is 4.89 Å². The number of rotatable bonds is 5. The maximum atomic E-state index is 12.3. The van der Waals surface area contributed by atoms with Crippen LogP contribution in [0.2, 0.25) is 0 Å². The van der Waals surface area contributed by atoms with Gasteiger partial charge in [0.05, 0.1) is 0 Å². The van der Waals surface area contributed by atoms with E-state index in [4.69, 9.17) is 0 Å². The predicted molar refractivity (Wildman–Crippen MR) is 36.3 cm³/mol. The quantitative estimate of drug-likeness (QED) is 0.245. The first kappa shape index (κ1) is 16.4. The van der Waals surface area contributed by atoms with E-state index in [2.05, 4.69) is 9.78 Å². The summed E-state index contributed by atoms with van der Waals surface area (Å²) in [6, 6.07) is -3.07. The number of hydrogen-bond donors (Lipinski definition) is 0. The molecule has 0 aliphatic rings. The van der Waals surface area contributed by atoms with Gasteiger partial charge in [0, 0.05) is 0 Å². The zero-order valence-corrected chi connectivity index (χ0v) is 8.68. The fourth-order valence-electron chi connectivity index (χ4n) is 0.338. The smallest absolute Gasteiger partial charge is 0.294 e. The molecule has 0 aromatic rings. The lowest BCUT2D eigenvalue weighted by Gasteiger charge is -2.27. The topological polar surface area (TPSA) is 18.5 Å². The largest absolute Gasteiger partial charge is 0.462 e. The molecule has 0 aromatic carbocycles. The van der Waals surface area contributed by atoms with Gasteiger partial charge in [-0.3, -0.25) is 4.89 Å². The van der Waals surface area contributed by atoms with E-state index in [1.165, 1.54) is 0 Å². The third-order valence-electron chi connectivity index (χ3n) is 1.09. The number of alkyl halides is 7. The summed E-state index contributed by atoms with van der Waals surface area (Å²) in [5.74, 6) is -6.17. The van der Waals surface area contributed by atoms with Crippen LogP contribution in [-0.2, 0) is 9.78 Å². The third kappa shape index (κ3) is 3.66. The molecular weight excluding hydrogens is 343 g/mol. The second-order valence-electron chi connectivity index (χ2n) is 2.29. The molecule has 2 nitrogen and oxygen atoms in total. The molecule has 0 bridgehead atoms. The van der Waals surface area contributed by atoms with Gasteiger partial charge in [-0.25, -0.2) is 0 Å². The van der Waals surface area contributed by atoms with E-state index in [0.717, 1.165) is 15.9 Å². The summed E-state index contributed by atoms with van der Waals surface area (Å²) in [4.78, 5) is -0.777. The van der Waals surface area contributed by atoms with E-state index in [-0.39, 0.29) is 0 Å². The highest BCUT2D eigenvalue weighted by Gasteiger charge is 2.73. The Morgan fingerprint density at radius 2 is 1.29 bits per heavy atom. The lowest BCUT2D eigenvalue weighted by Crippen LogP contribution is -2.52. The molecule has 0 spiro atoms. The number of hydrogen-bond acceptors (Lipinski definition) is 2. The first-order valence-corrected chi connectivity index (χ1v) is 4.01. The normalized spacial score (nSPS) is 13.5. The van der Waals surface area contributed by atoms with Crippen LogP contribution in [0.5, 0.6) is 0 Å². The Bertz CT molecular complexity index is 305. The molecule has 0 saturated heterocycles. The van der Waals surface area contributed by atoms with Gasteiger partial charge < -0.3 is 0 Å². The van der Waals surface area contributed by atoms with Crippen molar-refractivity contribution in [1.82, 2.24) is 0 Å². The zero-order chi connectivity index (χ0) is 14.1. The fraction of sp³-hybridized carbons (Fsp3) is 0.600. The second kappa shape index (κ2) is 4.92. The molecule has 0 N–H and O–H groups in total. The summed E-state index contributed by atoms with van der Waals surface area (Å²) in [6.45, 7) is 0. The monoisotopic (exact) mass is 342 g/mol. The highest BCUT2D eigenvalue weighted by atomic mass is 79.9. The Balaban J connectivity index is 4.87. The van der Waals surface area contributed by atoms with Crippen molar-refractivity contribution in [2.75, 3.05) is 0 Å². The molecule has 0 aromatic heterocycles. The Morgan fingerprint density at radius 1 is 0.882 bits per heavy atom. The molecule has 0 saturated carbocycles. The van der Waals surface area contributed by atoms with Crippen LogP contribution in [0.1, 0.15) is 0 Å². The minimum Gasteiger partial charge on any atom is -0.294 e. The maximum absolute atomic E-state index is 12.3. The fourth-order valence-corrected chi connectivity index (χ4v) is 0.569. The summed E-state index contributed by atoms with van der Waals surface area (Å²) in [5, 5.41) is 0. The van der Waals surface area contributed by atoms with Crippen LogP contribution in [0.3, 0.4) is 0 Å². The van der Waals surface area contributed by atoms with Crippen molar-refractivity contribution in [2.45, 2.75) is 16.9 Å². The summed E-state index contributed by atoms with van der Waals surface area (Å²) >= 11 is 0.919. The molecule has 0 unspecified atom stereocenters. The van der Waals surface area contributed by atoms with Gasteiger partial charge in [0.15, 0.2) is 0 Å². The first-order chi connectivity index (χ1) is 7.33. The average molecular weight is 343 g/mol. The molecule has 0 aliphatic carbocycles. The van der Waals surface area contributed by atoms with Gasteiger partial charge in [0.2, 0.25) is 0 Å². The van der Waals surface area contributed by atoms with Gasteiger partial charge in [-0.1, -0.05) is 0 Å². The molecule has 0 fully saturated rings. The van der Waals surface area contributed by atoms with E-state index in [9.17, 15) is 39.5 Å². The van der Waals surface area contributed by atoms with Crippen LogP contribution in [0.15, 0.2) is 12.1 Å². The summed E-state index contributed by atoms with van der Waals surface area (Å²) in [7, 11) is 0. The van der Waals surface area contributed by atoms with Crippen molar-refractivity contribution in [3.63, 3.8) is 0 Å². The molecule has 0 amide bonds. The maximum Gasteiger partial charge on any atom is 0.462 e. The van der Waals surface area contributed by atoms with E-state index in [0.29, 0.717) is 0 Å². The van der Waals surface area contributed by atoms with Crippen LogP contribution in [0, 0.1) is 0 Å². The van der Waals surface area contributed by atoms with Gasteiger partial charge in [-0.2, -0.15) is 39.5 Å². The first-order valence-electron chi connectivity index (χ1n) is 3.21. The summed E-state index contributed by atoms with van der Waals surface area (Å²) in [6.07, 6.45) is -9.37. The molecule has 17 heavy (non-hydrogen) atoms. The summed E-state index contributed by atoms with van der Waals surface area (Å²) < 4.78 is 107. The Hall–Kier alpha value is -0.650. The van der Waals surface area contributed by atoms with E-state index < -0.39 is 29.0 Å². The van der Waals surface area contributed by atoms with Crippen LogP contribution in [0.25, 0.3) is 0 Å². The van der Waals surface area contributed by atoms with Crippen LogP contribution in [-0.4, -0.2) is 16.9 Å². The van der Waals surface area contributed by atoms with Crippen LogP contribution < -0.4 is 0 Å². The SMILES string of the molecule is FC(F)=C(F)OOC(F)(F)C(F)(F)C(F)(F)Br. The molecule has 102 valence electrons. The lowest BCUT2D eigenvalue weighted by atomic mass is 10.3. The molecule has 0 heterocycles. The highest BCUT2D eigenvalue weighted by molar-refractivity contribution is 9.10. The van der Waals surface area contributed by atoms with Crippen molar-refractivity contribution >= 4 is 15.9 Å². The van der Waals surface area contributed by atoms with Gasteiger partial charge in [0.25, 0.3) is 0 Å². The standard InChI is InChI=1S/C5BrF9O2/c6-4(12,13)3(10,11)5(14,15)17-16-2(9)1(7)8. The molecule has 0 radical (unpaired) electrons. The lowest BCUT2D eigenvalue weighted by molar-refractivity contribution is -0.490.